The maximum absolute atomic E-state index is 12.2. The van der Waals surface area contributed by atoms with E-state index in [9.17, 15) is 15.0 Å². The third-order valence-corrected chi connectivity index (χ3v) is 5.99. The minimum atomic E-state index is -1.32. The second kappa shape index (κ2) is 9.81. The molecule has 0 radical (unpaired) electrons. The molecule has 0 aliphatic carbocycles. The number of anilines is 1. The van der Waals surface area contributed by atoms with Gasteiger partial charge in [0.1, 0.15) is 30.2 Å². The highest BCUT2D eigenvalue weighted by molar-refractivity contribution is 5.86. The summed E-state index contributed by atoms with van der Waals surface area (Å²) in [4.78, 5) is 34.6. The Morgan fingerprint density at radius 2 is 2.06 bits per heavy atom. The third kappa shape index (κ3) is 4.30. The minimum absolute atomic E-state index is 0.343. The Kier molecular flexibility index (Phi) is 6.41. The summed E-state index contributed by atoms with van der Waals surface area (Å²) < 4.78 is 6.87. The number of amides is 1. The molecule has 186 valence electrons. The molecule has 13 heteroatoms. The Morgan fingerprint density at radius 3 is 2.81 bits per heavy atom. The second-order valence-electron chi connectivity index (χ2n) is 8.19. The Bertz CT molecular complexity index is 1380. The van der Waals surface area contributed by atoms with Crippen LogP contribution in [0, 0.1) is 0 Å². The van der Waals surface area contributed by atoms with E-state index in [-0.39, 0.29) is 0 Å². The van der Waals surface area contributed by atoms with Crippen molar-refractivity contribution < 1.29 is 19.7 Å². The van der Waals surface area contributed by atoms with E-state index in [1.807, 2.05) is 18.2 Å². The zero-order chi connectivity index (χ0) is 25.2. The van der Waals surface area contributed by atoms with Crippen LogP contribution in [0.4, 0.5) is 5.82 Å². The molecule has 0 saturated carbocycles. The lowest BCUT2D eigenvalue weighted by atomic mass is 10.1. The molecule has 4 atom stereocenters. The van der Waals surface area contributed by atoms with Crippen molar-refractivity contribution in [1.82, 2.24) is 40.1 Å². The van der Waals surface area contributed by atoms with Gasteiger partial charge in [-0.1, -0.05) is 6.07 Å². The summed E-state index contributed by atoms with van der Waals surface area (Å²) in [6.07, 6.45) is 2.91. The first-order valence-electron chi connectivity index (χ1n) is 11.2. The normalized spacial score (nSPS) is 21.4. The smallest absolute Gasteiger partial charge is 0.239 e. The number of imidazole rings is 1. The largest absolute Gasteiger partial charge is 0.495 e. The Balaban J connectivity index is 1.59. The van der Waals surface area contributed by atoms with E-state index >= 15 is 0 Å². The predicted molar refractivity (Wildman–Crippen MR) is 129 cm³/mol. The van der Waals surface area contributed by atoms with Crippen LogP contribution in [0.3, 0.4) is 0 Å². The summed E-state index contributed by atoms with van der Waals surface area (Å²) in [6, 6.07) is 6.37. The van der Waals surface area contributed by atoms with Gasteiger partial charge < -0.3 is 25.6 Å². The van der Waals surface area contributed by atoms with Gasteiger partial charge in [-0.2, -0.15) is 0 Å². The number of ether oxygens (including phenoxy) is 1. The molecule has 1 aliphatic rings. The number of fused-ring (bicyclic) bond motifs is 1. The highest BCUT2D eigenvalue weighted by Gasteiger charge is 2.45. The number of aliphatic hydroxyl groups excluding tert-OH is 2. The van der Waals surface area contributed by atoms with Crippen molar-refractivity contribution in [2.24, 2.45) is 0 Å². The molecule has 1 aliphatic heterocycles. The van der Waals surface area contributed by atoms with E-state index in [2.05, 4.69) is 35.9 Å². The fourth-order valence-corrected chi connectivity index (χ4v) is 4.10. The van der Waals surface area contributed by atoms with Crippen LogP contribution >= 0.6 is 0 Å². The van der Waals surface area contributed by atoms with Gasteiger partial charge in [-0.15, -0.1) is 0 Å². The molecule has 36 heavy (non-hydrogen) atoms. The van der Waals surface area contributed by atoms with Crippen molar-refractivity contribution in [2.75, 3.05) is 19.5 Å². The van der Waals surface area contributed by atoms with Crippen LogP contribution in [0.1, 0.15) is 11.9 Å². The van der Waals surface area contributed by atoms with Crippen LogP contribution in [-0.2, 0) is 11.3 Å². The molecule has 0 bridgehead atoms. The van der Waals surface area contributed by atoms with Gasteiger partial charge in [0.15, 0.2) is 22.8 Å². The molecular weight excluding hydrogens is 466 g/mol. The molecule has 13 nitrogen and oxygen atoms in total. The summed E-state index contributed by atoms with van der Waals surface area (Å²) in [5.41, 5.74) is 2.23. The molecular formula is C23H25N9O4. The van der Waals surface area contributed by atoms with Crippen LogP contribution < -0.4 is 20.7 Å². The molecule has 1 amide bonds. The molecule has 1 saturated heterocycles. The lowest BCUT2D eigenvalue weighted by Gasteiger charge is -2.18. The summed E-state index contributed by atoms with van der Waals surface area (Å²) in [6.45, 7) is 0.386. The standard InChI is InChI=1S/C23H25N9O4/c1-24-23(35)15-17(33)18(34)22(29-15)32-11-28-16-20(27-9-13-5-3-4-6-26-13)30-19(31-21(16)32)12-7-14(36-2)10-25-8-12/h3-8,10-11,15,17-18,22,29,33-34H,9H2,1-2H3,(H,24,35)(H,27,30,31)/t15-,17+,18+,22-/m0/s1. The number of aromatic nitrogens is 6. The monoisotopic (exact) mass is 491 g/mol. The van der Waals surface area contributed by atoms with E-state index in [1.54, 1.807) is 36.3 Å². The zero-order valence-electron chi connectivity index (χ0n) is 19.5. The highest BCUT2D eigenvalue weighted by Crippen LogP contribution is 2.30. The number of pyridine rings is 2. The second-order valence-corrected chi connectivity index (χ2v) is 8.19. The lowest BCUT2D eigenvalue weighted by molar-refractivity contribution is -0.125. The number of rotatable bonds is 7. The van der Waals surface area contributed by atoms with E-state index < -0.39 is 30.3 Å². The molecule has 4 aromatic rings. The van der Waals surface area contributed by atoms with Crippen LogP contribution in [0.5, 0.6) is 5.75 Å². The average Bonchev–Trinajstić information content (AvgIpc) is 3.48. The number of carbonyl (C=O) groups is 1. The molecule has 4 aromatic heterocycles. The Labute approximate surface area is 205 Å². The lowest BCUT2D eigenvalue weighted by Crippen LogP contribution is -2.45. The predicted octanol–water partition coefficient (Wildman–Crippen LogP) is -0.158. The number of carbonyl (C=O) groups excluding carboxylic acids is 1. The number of aliphatic hydroxyl groups is 2. The van der Waals surface area contributed by atoms with Gasteiger partial charge in [-0.05, 0) is 18.2 Å². The molecule has 5 N–H and O–H groups in total. The fraction of sp³-hybridized carbons (Fsp3) is 0.304. The van der Waals surface area contributed by atoms with Gasteiger partial charge in [0.25, 0.3) is 0 Å². The first-order valence-corrected chi connectivity index (χ1v) is 11.2. The van der Waals surface area contributed by atoms with Crippen molar-refractivity contribution in [3.05, 3.63) is 54.9 Å². The Hall–Kier alpha value is -4.20. The minimum Gasteiger partial charge on any atom is -0.495 e. The van der Waals surface area contributed by atoms with Gasteiger partial charge in [0, 0.05) is 25.0 Å². The SMILES string of the molecule is CNC(=O)[C@H]1N[C@@H](n2cnc3c(NCc4ccccn4)nc(-c4cncc(OC)c4)nc32)[C@H](O)[C@@H]1O. The van der Waals surface area contributed by atoms with Crippen molar-refractivity contribution in [1.29, 1.82) is 0 Å². The van der Waals surface area contributed by atoms with Gasteiger partial charge >= 0.3 is 0 Å². The topological polar surface area (TPSA) is 172 Å². The number of hydrogen-bond donors (Lipinski definition) is 5. The van der Waals surface area contributed by atoms with Crippen molar-refractivity contribution in [2.45, 2.75) is 31.0 Å². The fourth-order valence-electron chi connectivity index (χ4n) is 4.10. The average molecular weight is 492 g/mol. The molecule has 5 rings (SSSR count). The molecule has 5 heterocycles. The maximum Gasteiger partial charge on any atom is 0.239 e. The first kappa shape index (κ1) is 23.5. The first-order chi connectivity index (χ1) is 17.5. The Morgan fingerprint density at radius 1 is 1.19 bits per heavy atom. The highest BCUT2D eigenvalue weighted by atomic mass is 16.5. The van der Waals surface area contributed by atoms with Crippen LogP contribution in [0.25, 0.3) is 22.6 Å². The van der Waals surface area contributed by atoms with E-state index in [0.717, 1.165) is 5.69 Å². The van der Waals surface area contributed by atoms with Gasteiger partial charge in [0.2, 0.25) is 5.91 Å². The van der Waals surface area contributed by atoms with Crippen LogP contribution in [0.2, 0.25) is 0 Å². The summed E-state index contributed by atoms with van der Waals surface area (Å²) in [7, 11) is 3.01. The number of nitrogens with zero attached hydrogens (tertiary/aromatic N) is 6. The summed E-state index contributed by atoms with van der Waals surface area (Å²) >= 11 is 0. The van der Waals surface area contributed by atoms with E-state index in [4.69, 9.17) is 9.72 Å². The third-order valence-electron chi connectivity index (χ3n) is 5.99. The zero-order valence-corrected chi connectivity index (χ0v) is 19.5. The molecule has 0 spiro atoms. The van der Waals surface area contributed by atoms with Crippen LogP contribution in [0.15, 0.2) is 49.2 Å². The number of likely N-dealkylation sites (N-methyl/N-ethyl adjacent to an activating group) is 1. The quantitative estimate of drug-likeness (QED) is 0.233. The van der Waals surface area contributed by atoms with E-state index in [0.29, 0.717) is 40.7 Å². The number of nitrogens with one attached hydrogen (secondary N) is 3. The number of methoxy groups -OCH3 is 1. The van der Waals surface area contributed by atoms with Gasteiger partial charge in [-0.3, -0.25) is 24.6 Å². The summed E-state index contributed by atoms with van der Waals surface area (Å²) in [5.74, 6) is 0.884. The van der Waals surface area contributed by atoms with Crippen LogP contribution in [-0.4, -0.2) is 78.0 Å². The summed E-state index contributed by atoms with van der Waals surface area (Å²) in [5, 5.41) is 29.9. The van der Waals surface area contributed by atoms with Crippen molar-refractivity contribution >= 4 is 22.9 Å². The number of hydrogen-bond acceptors (Lipinski definition) is 11. The van der Waals surface area contributed by atoms with Crippen molar-refractivity contribution in [3.8, 4) is 17.1 Å². The van der Waals surface area contributed by atoms with Gasteiger partial charge in [-0.25, -0.2) is 15.0 Å². The maximum atomic E-state index is 12.2. The molecule has 1 fully saturated rings. The molecule has 0 unspecified atom stereocenters. The van der Waals surface area contributed by atoms with Crippen molar-refractivity contribution in [3.63, 3.8) is 0 Å². The van der Waals surface area contributed by atoms with E-state index in [1.165, 1.54) is 13.4 Å². The van der Waals surface area contributed by atoms with Gasteiger partial charge in [0.05, 0.1) is 31.9 Å². The molecule has 0 aromatic carbocycles.